The predicted molar refractivity (Wildman–Crippen MR) is 112 cm³/mol. The molecule has 0 saturated carbocycles. The lowest BCUT2D eigenvalue weighted by Crippen LogP contribution is -2.51. The topological polar surface area (TPSA) is 74.8 Å². The van der Waals surface area contributed by atoms with E-state index in [1.54, 1.807) is 24.3 Å². The average molecular weight is 506 g/mol. The van der Waals surface area contributed by atoms with Crippen LogP contribution in [0.5, 0.6) is 0 Å². The zero-order valence-corrected chi connectivity index (χ0v) is 18.7. The molecule has 2 aromatic rings. The van der Waals surface area contributed by atoms with Crippen LogP contribution in [-0.2, 0) is 21.2 Å². The van der Waals surface area contributed by atoms with E-state index in [1.807, 2.05) is 0 Å². The first-order valence-corrected chi connectivity index (χ1v) is 11.4. The van der Waals surface area contributed by atoms with Gasteiger partial charge in [0, 0.05) is 20.9 Å². The molecule has 28 heavy (non-hydrogen) atoms. The molecule has 0 N–H and O–H groups in total. The Morgan fingerprint density at radius 3 is 2.07 bits per heavy atom. The fourth-order valence-electron chi connectivity index (χ4n) is 3.27. The SMILES string of the molecule is CC1(Cc2ccc(Br)cc2)C(=O)N(c2cc(Cl)cc(Cl)c2)C(=O)N1S(C)(=O)=O. The summed E-state index contributed by atoms with van der Waals surface area (Å²) in [6.07, 6.45) is 0.912. The lowest BCUT2D eigenvalue weighted by molar-refractivity contribution is -0.122. The number of carbonyl (C=O) groups is 2. The molecule has 1 aliphatic rings. The summed E-state index contributed by atoms with van der Waals surface area (Å²) in [6.45, 7) is 1.43. The van der Waals surface area contributed by atoms with Crippen molar-refractivity contribution in [3.05, 3.63) is 62.5 Å². The van der Waals surface area contributed by atoms with Crippen LogP contribution in [0.25, 0.3) is 0 Å². The van der Waals surface area contributed by atoms with Gasteiger partial charge < -0.3 is 0 Å². The van der Waals surface area contributed by atoms with E-state index in [1.165, 1.54) is 25.1 Å². The molecule has 1 heterocycles. The van der Waals surface area contributed by atoms with Crippen molar-refractivity contribution in [3.8, 4) is 0 Å². The molecule has 3 rings (SSSR count). The maximum atomic E-state index is 13.3. The molecule has 1 fully saturated rings. The highest BCUT2D eigenvalue weighted by molar-refractivity contribution is 9.10. The summed E-state index contributed by atoms with van der Waals surface area (Å²) in [5.41, 5.74) is -0.819. The van der Waals surface area contributed by atoms with Crippen LogP contribution in [0.3, 0.4) is 0 Å². The summed E-state index contributed by atoms with van der Waals surface area (Å²) in [5.74, 6) is -0.677. The van der Waals surface area contributed by atoms with Crippen molar-refractivity contribution in [3.63, 3.8) is 0 Å². The number of sulfonamides is 1. The van der Waals surface area contributed by atoms with Gasteiger partial charge in [0.1, 0.15) is 5.54 Å². The Morgan fingerprint density at radius 1 is 1.04 bits per heavy atom. The quantitative estimate of drug-likeness (QED) is 0.574. The van der Waals surface area contributed by atoms with Crippen LogP contribution in [0.2, 0.25) is 10.0 Å². The Bertz CT molecular complexity index is 1060. The molecule has 1 aliphatic heterocycles. The second kappa shape index (κ2) is 7.33. The van der Waals surface area contributed by atoms with Crippen LogP contribution in [0, 0.1) is 0 Å². The third-order valence-corrected chi connectivity index (χ3v) is 6.56. The van der Waals surface area contributed by atoms with E-state index in [9.17, 15) is 18.0 Å². The summed E-state index contributed by atoms with van der Waals surface area (Å²) in [7, 11) is -4.04. The molecule has 1 atom stereocenters. The van der Waals surface area contributed by atoms with Crippen LogP contribution in [0.15, 0.2) is 46.9 Å². The van der Waals surface area contributed by atoms with Crippen LogP contribution in [0.1, 0.15) is 12.5 Å². The number of urea groups is 1. The largest absolute Gasteiger partial charge is 0.346 e. The molecule has 10 heteroatoms. The molecular formula is C18H15BrCl2N2O4S. The molecule has 0 spiro atoms. The van der Waals surface area contributed by atoms with Gasteiger partial charge in [-0.2, -0.15) is 0 Å². The average Bonchev–Trinajstić information content (AvgIpc) is 2.74. The second-order valence-corrected chi connectivity index (χ2v) is 10.3. The smallest absolute Gasteiger partial charge is 0.271 e. The van der Waals surface area contributed by atoms with E-state index in [0.717, 1.165) is 15.6 Å². The lowest BCUT2D eigenvalue weighted by Gasteiger charge is -2.29. The Labute approximate surface area is 181 Å². The molecule has 0 radical (unpaired) electrons. The van der Waals surface area contributed by atoms with Gasteiger partial charge in [-0.05, 0) is 42.8 Å². The van der Waals surface area contributed by atoms with Crippen molar-refractivity contribution in [1.82, 2.24) is 4.31 Å². The predicted octanol–water partition coefficient (Wildman–Crippen LogP) is 4.49. The van der Waals surface area contributed by atoms with E-state index >= 15 is 0 Å². The van der Waals surface area contributed by atoms with Crippen molar-refractivity contribution in [2.24, 2.45) is 0 Å². The van der Waals surface area contributed by atoms with Gasteiger partial charge in [0.15, 0.2) is 0 Å². The number of halogens is 3. The van der Waals surface area contributed by atoms with Crippen molar-refractivity contribution >= 4 is 66.8 Å². The molecule has 6 nitrogen and oxygen atoms in total. The number of nitrogens with zero attached hydrogens (tertiary/aromatic N) is 2. The second-order valence-electron chi connectivity index (χ2n) is 6.66. The first kappa shape index (κ1) is 21.1. The van der Waals surface area contributed by atoms with E-state index < -0.39 is 27.5 Å². The minimum atomic E-state index is -4.04. The number of amides is 3. The summed E-state index contributed by atoms with van der Waals surface area (Å²) < 4.78 is 26.3. The third kappa shape index (κ3) is 3.78. The number of hydrogen-bond acceptors (Lipinski definition) is 4. The van der Waals surface area contributed by atoms with Gasteiger partial charge in [-0.25, -0.2) is 22.4 Å². The van der Waals surface area contributed by atoms with Gasteiger partial charge in [-0.1, -0.05) is 51.3 Å². The van der Waals surface area contributed by atoms with Gasteiger partial charge in [0.2, 0.25) is 10.0 Å². The van der Waals surface area contributed by atoms with E-state index in [-0.39, 0.29) is 22.2 Å². The first-order chi connectivity index (χ1) is 12.9. The van der Waals surface area contributed by atoms with E-state index in [4.69, 9.17) is 23.2 Å². The van der Waals surface area contributed by atoms with E-state index in [2.05, 4.69) is 15.9 Å². The number of benzene rings is 2. The normalized spacial score (nSPS) is 20.2. The standard InChI is InChI=1S/C18H15BrCl2N2O4S/c1-18(10-11-3-5-12(19)6-4-11)16(24)22(17(25)23(18)28(2,26)27)15-8-13(20)7-14(21)9-15/h3-9H,10H2,1-2H3. The molecular weight excluding hydrogens is 491 g/mol. The van der Waals surface area contributed by atoms with Gasteiger partial charge in [-0.3, -0.25) is 4.79 Å². The highest BCUT2D eigenvalue weighted by Crippen LogP contribution is 2.38. The van der Waals surface area contributed by atoms with Crippen molar-refractivity contribution < 1.29 is 18.0 Å². The molecule has 0 aliphatic carbocycles. The number of hydrogen-bond donors (Lipinski definition) is 0. The first-order valence-electron chi connectivity index (χ1n) is 8.03. The van der Waals surface area contributed by atoms with Gasteiger partial charge in [-0.15, -0.1) is 0 Å². The maximum absolute atomic E-state index is 13.3. The van der Waals surface area contributed by atoms with Crippen molar-refractivity contribution in [1.29, 1.82) is 0 Å². The number of carbonyl (C=O) groups excluding carboxylic acids is 2. The highest BCUT2D eigenvalue weighted by atomic mass is 79.9. The Balaban J connectivity index is 2.13. The van der Waals surface area contributed by atoms with Crippen LogP contribution in [-0.4, -0.2) is 36.5 Å². The lowest BCUT2D eigenvalue weighted by atomic mass is 9.92. The van der Waals surface area contributed by atoms with Crippen molar-refractivity contribution in [2.45, 2.75) is 18.9 Å². The fourth-order valence-corrected chi connectivity index (χ4v) is 5.29. The third-order valence-electron chi connectivity index (χ3n) is 4.38. The van der Waals surface area contributed by atoms with Gasteiger partial charge >= 0.3 is 6.03 Å². The Kier molecular flexibility index (Phi) is 5.53. The van der Waals surface area contributed by atoms with Crippen molar-refractivity contribution in [2.75, 3.05) is 11.2 Å². The summed E-state index contributed by atoms with van der Waals surface area (Å²) in [4.78, 5) is 27.1. The molecule has 0 bridgehead atoms. The minimum Gasteiger partial charge on any atom is -0.271 e. The Hall–Kier alpha value is -1.61. The Morgan fingerprint density at radius 2 is 1.57 bits per heavy atom. The molecule has 0 aromatic heterocycles. The molecule has 1 saturated heterocycles. The fraction of sp³-hybridized carbons (Fsp3) is 0.222. The summed E-state index contributed by atoms with van der Waals surface area (Å²) in [5, 5.41) is 0.436. The molecule has 3 amide bonds. The molecule has 148 valence electrons. The highest BCUT2D eigenvalue weighted by Gasteiger charge is 2.58. The van der Waals surface area contributed by atoms with Crippen LogP contribution in [0.4, 0.5) is 10.5 Å². The van der Waals surface area contributed by atoms with Gasteiger partial charge in [0.25, 0.3) is 5.91 Å². The monoisotopic (exact) mass is 504 g/mol. The molecule has 2 aromatic carbocycles. The molecule has 1 unspecified atom stereocenters. The number of imide groups is 1. The zero-order chi connectivity index (χ0) is 20.9. The summed E-state index contributed by atoms with van der Waals surface area (Å²) >= 11 is 15.3. The van der Waals surface area contributed by atoms with E-state index in [0.29, 0.717) is 9.87 Å². The number of anilines is 1. The minimum absolute atomic E-state index is 0.0166. The summed E-state index contributed by atoms with van der Waals surface area (Å²) in [6, 6.07) is 10.3. The maximum Gasteiger partial charge on any atom is 0.346 e. The van der Waals surface area contributed by atoms with Crippen LogP contribution >= 0.6 is 39.1 Å². The zero-order valence-electron chi connectivity index (χ0n) is 14.8. The van der Waals surface area contributed by atoms with Crippen LogP contribution < -0.4 is 4.90 Å². The number of rotatable bonds is 4. The van der Waals surface area contributed by atoms with Gasteiger partial charge in [0.05, 0.1) is 11.9 Å².